The quantitative estimate of drug-likeness (QED) is 0.247. The predicted molar refractivity (Wildman–Crippen MR) is 98.2 cm³/mol. The van der Waals surface area contributed by atoms with Crippen molar-refractivity contribution >= 4 is 38.2 Å². The molecule has 0 aromatic heterocycles. The smallest absolute Gasteiger partial charge is 0.294 e. The molecule has 0 aliphatic carbocycles. The maximum Gasteiger partial charge on any atom is 0.294 e. The number of nitrogens with one attached hydrogen (secondary N) is 1. The Morgan fingerprint density at radius 2 is 1.88 bits per heavy atom. The first kappa shape index (κ1) is 21.7. The first-order valence-corrected chi connectivity index (χ1v) is 9.10. The van der Waals surface area contributed by atoms with E-state index in [-0.39, 0.29) is 15.9 Å². The van der Waals surface area contributed by atoms with Gasteiger partial charge in [-0.1, -0.05) is 23.8 Å². The Kier molecular flexibility index (Phi) is 7.83. The summed E-state index contributed by atoms with van der Waals surface area (Å²) in [5.74, 6) is -0.994. The van der Waals surface area contributed by atoms with Crippen molar-refractivity contribution in [2.75, 3.05) is 0 Å². The van der Waals surface area contributed by atoms with Gasteiger partial charge in [-0.15, -0.1) is 5.17 Å². The number of hydrogen-bond donors (Lipinski definition) is 4. The number of hydrogen-bond acceptors (Lipinski definition) is 5. The zero-order valence-corrected chi connectivity index (χ0v) is 15.9. The minimum atomic E-state index is -4.02. The van der Waals surface area contributed by atoms with E-state index in [1.165, 1.54) is 36.5 Å². The number of nitrogens with two attached hydrogens (primary N) is 1. The monoisotopic (exact) mass is 446 g/mol. The van der Waals surface area contributed by atoms with Crippen LogP contribution < -0.4 is 5.73 Å². The molecule has 0 fully saturated rings. The van der Waals surface area contributed by atoms with Gasteiger partial charge in [0.1, 0.15) is 5.82 Å². The SMILES string of the molecule is Cc1ccc(S(=O)(=O)O)cc1.N=C(N)N(O)N=Cc1ccc(F)c(Br)c1. The van der Waals surface area contributed by atoms with Crippen molar-refractivity contribution < 1.29 is 22.6 Å². The van der Waals surface area contributed by atoms with E-state index >= 15 is 0 Å². The molecule has 0 unspecified atom stereocenters. The topological polar surface area (TPSA) is 140 Å². The second-order valence-corrected chi connectivity index (χ2v) is 7.16. The largest absolute Gasteiger partial charge is 0.367 e. The van der Waals surface area contributed by atoms with Gasteiger partial charge < -0.3 is 5.73 Å². The van der Waals surface area contributed by atoms with Crippen LogP contribution in [0.5, 0.6) is 0 Å². The van der Waals surface area contributed by atoms with Crippen molar-refractivity contribution in [3.63, 3.8) is 0 Å². The zero-order chi connectivity index (χ0) is 19.9. The summed E-state index contributed by atoms with van der Waals surface area (Å²) < 4.78 is 42.7. The lowest BCUT2D eigenvalue weighted by Crippen LogP contribution is -2.28. The van der Waals surface area contributed by atoms with Crippen LogP contribution in [0.2, 0.25) is 0 Å². The Hall–Kier alpha value is -2.34. The Bertz CT molecular complexity index is 904. The van der Waals surface area contributed by atoms with E-state index in [9.17, 15) is 12.8 Å². The Labute approximate surface area is 158 Å². The summed E-state index contributed by atoms with van der Waals surface area (Å²) in [4.78, 5) is -0.0666. The van der Waals surface area contributed by atoms with Crippen LogP contribution in [0.15, 0.2) is 56.9 Å². The minimum absolute atomic E-state index is 0.0666. The summed E-state index contributed by atoms with van der Waals surface area (Å²) in [7, 11) is -4.02. The zero-order valence-electron chi connectivity index (χ0n) is 13.5. The van der Waals surface area contributed by atoms with Crippen molar-refractivity contribution in [1.29, 1.82) is 5.41 Å². The highest BCUT2D eigenvalue weighted by molar-refractivity contribution is 9.10. The number of hydrazone groups is 1. The van der Waals surface area contributed by atoms with Crippen LogP contribution in [-0.4, -0.2) is 35.5 Å². The van der Waals surface area contributed by atoms with E-state index in [0.717, 1.165) is 5.56 Å². The molecule has 0 aliphatic rings. The van der Waals surface area contributed by atoms with Crippen molar-refractivity contribution in [3.8, 4) is 0 Å². The van der Waals surface area contributed by atoms with Gasteiger partial charge in [0, 0.05) is 0 Å². The van der Waals surface area contributed by atoms with Crippen LogP contribution in [0.4, 0.5) is 4.39 Å². The molecule has 26 heavy (non-hydrogen) atoms. The van der Waals surface area contributed by atoms with Crippen molar-refractivity contribution in [1.82, 2.24) is 5.17 Å². The molecule has 140 valence electrons. The number of aryl methyl sites for hydroxylation is 1. The summed E-state index contributed by atoms with van der Waals surface area (Å²) in [5, 5.41) is 19.4. The van der Waals surface area contributed by atoms with Crippen LogP contribution in [-0.2, 0) is 10.1 Å². The van der Waals surface area contributed by atoms with Gasteiger partial charge in [0.2, 0.25) is 5.96 Å². The lowest BCUT2D eigenvalue weighted by Gasteiger charge is -2.05. The van der Waals surface area contributed by atoms with E-state index in [4.69, 9.17) is 20.9 Å². The molecule has 0 atom stereocenters. The van der Waals surface area contributed by atoms with E-state index < -0.39 is 16.1 Å². The number of benzene rings is 2. The highest BCUT2D eigenvalue weighted by Gasteiger charge is 2.06. The average Bonchev–Trinajstić information content (AvgIpc) is 2.55. The first-order valence-electron chi connectivity index (χ1n) is 6.87. The number of hydroxylamine groups is 1. The van der Waals surface area contributed by atoms with Crippen molar-refractivity contribution in [2.24, 2.45) is 10.8 Å². The van der Waals surface area contributed by atoms with Gasteiger partial charge in [-0.25, -0.2) is 4.39 Å². The second kappa shape index (κ2) is 9.38. The lowest BCUT2D eigenvalue weighted by molar-refractivity contribution is -0.0139. The Morgan fingerprint density at radius 3 is 2.35 bits per heavy atom. The van der Waals surface area contributed by atoms with Gasteiger partial charge in [0.05, 0.1) is 15.6 Å². The highest BCUT2D eigenvalue weighted by Crippen LogP contribution is 2.15. The van der Waals surface area contributed by atoms with E-state index in [1.54, 1.807) is 12.1 Å². The molecule has 0 amide bonds. The maximum atomic E-state index is 12.8. The summed E-state index contributed by atoms with van der Waals surface area (Å²) in [5.41, 5.74) is 6.45. The summed E-state index contributed by atoms with van der Waals surface area (Å²) in [6, 6.07) is 10.2. The molecule has 8 nitrogen and oxygen atoms in total. The Morgan fingerprint density at radius 1 is 1.31 bits per heavy atom. The van der Waals surface area contributed by atoms with Crippen LogP contribution in [0, 0.1) is 18.2 Å². The van der Waals surface area contributed by atoms with E-state index in [1.807, 2.05) is 6.92 Å². The average molecular weight is 447 g/mol. The number of nitrogens with zero attached hydrogens (tertiary/aromatic N) is 2. The van der Waals surface area contributed by atoms with E-state index in [2.05, 4.69) is 21.0 Å². The molecule has 2 rings (SSSR count). The molecule has 0 bridgehead atoms. The summed E-state index contributed by atoms with van der Waals surface area (Å²) in [6.07, 6.45) is 1.24. The fourth-order valence-corrected chi connectivity index (χ4v) is 2.36. The van der Waals surface area contributed by atoms with Gasteiger partial charge in [0.25, 0.3) is 10.1 Å². The third-order valence-corrected chi connectivity index (χ3v) is 4.27. The standard InChI is InChI=1S/C8H8BrFN4O.C7H8O3S/c9-6-3-5(1-2-7(6)10)4-13-14(15)8(11)12;1-6-2-4-7(5-3-6)11(8,9)10/h1-4,15H,(H3,11,12);2-5H,1H3,(H,8,9,10). The second-order valence-electron chi connectivity index (χ2n) is 4.88. The molecule has 5 N–H and O–H groups in total. The molecule has 2 aromatic carbocycles. The molecule has 2 aromatic rings. The van der Waals surface area contributed by atoms with E-state index in [0.29, 0.717) is 10.0 Å². The highest BCUT2D eigenvalue weighted by atomic mass is 79.9. The molecular weight excluding hydrogens is 431 g/mol. The predicted octanol–water partition coefficient (Wildman–Crippen LogP) is 2.75. The normalized spacial score (nSPS) is 11.0. The van der Waals surface area contributed by atoms with Gasteiger partial charge in [-0.2, -0.15) is 13.5 Å². The number of rotatable bonds is 3. The van der Waals surface area contributed by atoms with Gasteiger partial charge in [-0.05, 0) is 52.7 Å². The fourth-order valence-electron chi connectivity index (χ4n) is 1.49. The minimum Gasteiger partial charge on any atom is -0.367 e. The molecule has 0 aliphatic heterocycles. The molecule has 11 heteroatoms. The molecule has 0 saturated heterocycles. The summed E-state index contributed by atoms with van der Waals surface area (Å²) >= 11 is 3.00. The summed E-state index contributed by atoms with van der Waals surface area (Å²) in [6.45, 7) is 1.84. The molecule has 0 radical (unpaired) electrons. The molecular formula is C15H16BrFN4O4S. The number of halogens is 2. The van der Waals surface area contributed by atoms with Crippen LogP contribution in [0.25, 0.3) is 0 Å². The van der Waals surface area contributed by atoms with Gasteiger partial charge in [-0.3, -0.25) is 15.2 Å². The fraction of sp³-hybridized carbons (Fsp3) is 0.0667. The third kappa shape index (κ3) is 7.27. The first-order chi connectivity index (χ1) is 12.0. The van der Waals surface area contributed by atoms with Crippen LogP contribution in [0.1, 0.15) is 11.1 Å². The van der Waals surface area contributed by atoms with Crippen LogP contribution in [0.3, 0.4) is 0 Å². The van der Waals surface area contributed by atoms with Crippen molar-refractivity contribution in [3.05, 3.63) is 63.9 Å². The lowest BCUT2D eigenvalue weighted by atomic mass is 10.2. The maximum absolute atomic E-state index is 12.8. The Balaban J connectivity index is 0.000000273. The number of guanidine groups is 1. The van der Waals surface area contributed by atoms with Crippen LogP contribution >= 0.6 is 15.9 Å². The molecule has 0 heterocycles. The molecule has 0 saturated carbocycles. The van der Waals surface area contributed by atoms with Gasteiger partial charge >= 0.3 is 0 Å². The molecule has 0 spiro atoms. The van der Waals surface area contributed by atoms with Gasteiger partial charge in [0.15, 0.2) is 0 Å². The third-order valence-electron chi connectivity index (χ3n) is 2.79. The van der Waals surface area contributed by atoms with Crippen molar-refractivity contribution in [2.45, 2.75) is 11.8 Å².